The molecule has 2 rings (SSSR count). The van der Waals surface area contributed by atoms with Gasteiger partial charge in [-0.3, -0.25) is 9.48 Å². The summed E-state index contributed by atoms with van der Waals surface area (Å²) in [6.45, 7) is 1.82. The second-order valence-corrected chi connectivity index (χ2v) is 4.55. The SMILES string of the molecule is Cc1nn(C)cc1C(=O)NC1(CO)CCC1. The number of nitrogens with zero attached hydrogens (tertiary/aromatic N) is 2. The molecular formula is C11H17N3O2. The first kappa shape index (κ1) is 11.1. The van der Waals surface area contributed by atoms with Gasteiger partial charge in [0.05, 0.1) is 23.4 Å². The largest absolute Gasteiger partial charge is 0.394 e. The number of hydrogen-bond donors (Lipinski definition) is 2. The number of carbonyl (C=O) groups excluding carboxylic acids is 1. The minimum atomic E-state index is -0.390. The summed E-state index contributed by atoms with van der Waals surface area (Å²) >= 11 is 0. The summed E-state index contributed by atoms with van der Waals surface area (Å²) in [5, 5.41) is 16.3. The first-order valence-electron chi connectivity index (χ1n) is 5.50. The van der Waals surface area contributed by atoms with Gasteiger partial charge in [-0.05, 0) is 26.2 Å². The van der Waals surface area contributed by atoms with E-state index in [2.05, 4.69) is 10.4 Å². The molecule has 1 heterocycles. The fourth-order valence-electron chi connectivity index (χ4n) is 2.06. The van der Waals surface area contributed by atoms with E-state index in [-0.39, 0.29) is 18.1 Å². The van der Waals surface area contributed by atoms with E-state index in [1.807, 2.05) is 0 Å². The lowest BCUT2D eigenvalue weighted by molar-refractivity contribution is 0.0641. The van der Waals surface area contributed by atoms with E-state index < -0.39 is 0 Å². The molecular weight excluding hydrogens is 206 g/mol. The van der Waals surface area contributed by atoms with Gasteiger partial charge in [0.1, 0.15) is 0 Å². The first-order chi connectivity index (χ1) is 7.56. The van der Waals surface area contributed by atoms with Crippen molar-refractivity contribution in [3.63, 3.8) is 0 Å². The smallest absolute Gasteiger partial charge is 0.255 e. The Kier molecular flexibility index (Phi) is 2.71. The lowest BCUT2D eigenvalue weighted by Crippen LogP contribution is -2.56. The van der Waals surface area contributed by atoms with Crippen LogP contribution in [0.25, 0.3) is 0 Å². The summed E-state index contributed by atoms with van der Waals surface area (Å²) in [6, 6.07) is 0. The van der Waals surface area contributed by atoms with Crippen LogP contribution in [0.1, 0.15) is 35.3 Å². The van der Waals surface area contributed by atoms with Gasteiger partial charge in [0.15, 0.2) is 0 Å². The third kappa shape index (κ3) is 1.82. The molecule has 0 bridgehead atoms. The van der Waals surface area contributed by atoms with Gasteiger partial charge >= 0.3 is 0 Å². The van der Waals surface area contributed by atoms with Crippen LogP contribution in [0, 0.1) is 6.92 Å². The van der Waals surface area contributed by atoms with Crippen molar-refractivity contribution in [3.05, 3.63) is 17.5 Å². The molecule has 0 radical (unpaired) electrons. The van der Waals surface area contributed by atoms with E-state index in [4.69, 9.17) is 0 Å². The fourth-order valence-corrected chi connectivity index (χ4v) is 2.06. The Morgan fingerprint density at radius 1 is 1.69 bits per heavy atom. The molecule has 2 N–H and O–H groups in total. The highest BCUT2D eigenvalue weighted by Gasteiger charge is 2.38. The molecule has 0 atom stereocenters. The number of carbonyl (C=O) groups is 1. The molecule has 5 heteroatoms. The molecule has 1 fully saturated rings. The van der Waals surface area contributed by atoms with Crippen LogP contribution in [0.5, 0.6) is 0 Å². The van der Waals surface area contributed by atoms with Crippen molar-refractivity contribution in [2.45, 2.75) is 31.7 Å². The minimum absolute atomic E-state index is 0.0120. The summed E-state index contributed by atoms with van der Waals surface area (Å²) in [5.41, 5.74) is 0.911. The van der Waals surface area contributed by atoms with Crippen LogP contribution < -0.4 is 5.32 Å². The Hall–Kier alpha value is -1.36. The van der Waals surface area contributed by atoms with Crippen molar-refractivity contribution in [2.24, 2.45) is 7.05 Å². The molecule has 0 aromatic carbocycles. The Balaban J connectivity index is 2.11. The maximum atomic E-state index is 12.0. The average Bonchev–Trinajstić information content (AvgIpc) is 2.51. The van der Waals surface area contributed by atoms with Gasteiger partial charge in [0.25, 0.3) is 5.91 Å². The van der Waals surface area contributed by atoms with Crippen LogP contribution in [0.3, 0.4) is 0 Å². The van der Waals surface area contributed by atoms with E-state index in [9.17, 15) is 9.90 Å². The molecule has 0 spiro atoms. The second kappa shape index (κ2) is 3.90. The van der Waals surface area contributed by atoms with Gasteiger partial charge in [0, 0.05) is 13.2 Å². The summed E-state index contributed by atoms with van der Waals surface area (Å²) < 4.78 is 1.62. The maximum Gasteiger partial charge on any atom is 0.255 e. The summed E-state index contributed by atoms with van der Waals surface area (Å²) in [7, 11) is 1.79. The molecule has 1 aromatic rings. The highest BCUT2D eigenvalue weighted by Crippen LogP contribution is 2.31. The monoisotopic (exact) mass is 223 g/mol. The Morgan fingerprint density at radius 2 is 2.38 bits per heavy atom. The molecule has 0 saturated heterocycles. The molecule has 1 aromatic heterocycles. The lowest BCUT2D eigenvalue weighted by Gasteiger charge is -2.40. The predicted molar refractivity (Wildman–Crippen MR) is 59.1 cm³/mol. The zero-order chi connectivity index (χ0) is 11.8. The van der Waals surface area contributed by atoms with Crippen molar-refractivity contribution in [1.29, 1.82) is 0 Å². The Bertz CT molecular complexity index is 402. The molecule has 16 heavy (non-hydrogen) atoms. The van der Waals surface area contributed by atoms with E-state index in [1.54, 1.807) is 24.9 Å². The van der Waals surface area contributed by atoms with Gasteiger partial charge in [-0.1, -0.05) is 0 Å². The van der Waals surface area contributed by atoms with E-state index >= 15 is 0 Å². The number of aliphatic hydroxyl groups excluding tert-OH is 1. The van der Waals surface area contributed by atoms with Crippen LogP contribution in [-0.4, -0.2) is 32.9 Å². The first-order valence-corrected chi connectivity index (χ1v) is 5.50. The number of amides is 1. The topological polar surface area (TPSA) is 67.2 Å². The van der Waals surface area contributed by atoms with Crippen molar-refractivity contribution < 1.29 is 9.90 Å². The third-order valence-electron chi connectivity index (χ3n) is 3.25. The van der Waals surface area contributed by atoms with Gasteiger partial charge in [-0.2, -0.15) is 5.10 Å². The highest BCUT2D eigenvalue weighted by atomic mass is 16.3. The average molecular weight is 223 g/mol. The zero-order valence-corrected chi connectivity index (χ0v) is 9.66. The quantitative estimate of drug-likeness (QED) is 0.778. The highest BCUT2D eigenvalue weighted by molar-refractivity contribution is 5.95. The Morgan fingerprint density at radius 3 is 2.75 bits per heavy atom. The molecule has 5 nitrogen and oxygen atoms in total. The standard InChI is InChI=1S/C11H17N3O2/c1-8-9(6-14(2)13-8)10(16)12-11(7-15)4-3-5-11/h6,15H,3-5,7H2,1-2H3,(H,12,16). The third-order valence-corrected chi connectivity index (χ3v) is 3.25. The van der Waals surface area contributed by atoms with E-state index in [0.29, 0.717) is 11.3 Å². The lowest BCUT2D eigenvalue weighted by atomic mass is 9.77. The summed E-state index contributed by atoms with van der Waals surface area (Å²) in [5.74, 6) is -0.139. The molecule has 88 valence electrons. The molecule has 1 aliphatic carbocycles. The summed E-state index contributed by atoms with van der Waals surface area (Å²) in [4.78, 5) is 12.0. The normalized spacial score (nSPS) is 17.9. The van der Waals surface area contributed by atoms with Crippen molar-refractivity contribution in [2.75, 3.05) is 6.61 Å². The number of rotatable bonds is 3. The van der Waals surface area contributed by atoms with Gasteiger partial charge < -0.3 is 10.4 Å². The van der Waals surface area contributed by atoms with Crippen LogP contribution in [0.15, 0.2) is 6.20 Å². The van der Waals surface area contributed by atoms with Crippen LogP contribution in [0.2, 0.25) is 0 Å². The zero-order valence-electron chi connectivity index (χ0n) is 9.66. The number of aromatic nitrogens is 2. The number of hydrogen-bond acceptors (Lipinski definition) is 3. The number of aliphatic hydroxyl groups is 1. The van der Waals surface area contributed by atoms with E-state index in [1.165, 1.54) is 0 Å². The van der Waals surface area contributed by atoms with Crippen LogP contribution >= 0.6 is 0 Å². The molecule has 1 saturated carbocycles. The minimum Gasteiger partial charge on any atom is -0.394 e. The van der Waals surface area contributed by atoms with E-state index in [0.717, 1.165) is 19.3 Å². The predicted octanol–water partition coefficient (Wildman–Crippen LogP) is 0.373. The molecule has 0 unspecified atom stereocenters. The summed E-state index contributed by atoms with van der Waals surface area (Å²) in [6.07, 6.45) is 4.48. The number of nitrogens with one attached hydrogen (secondary N) is 1. The molecule has 1 amide bonds. The van der Waals surface area contributed by atoms with Crippen molar-refractivity contribution in [3.8, 4) is 0 Å². The molecule has 1 aliphatic rings. The van der Waals surface area contributed by atoms with Gasteiger partial charge in [-0.15, -0.1) is 0 Å². The van der Waals surface area contributed by atoms with Crippen LogP contribution in [0.4, 0.5) is 0 Å². The second-order valence-electron chi connectivity index (χ2n) is 4.55. The number of aryl methyl sites for hydroxylation is 2. The van der Waals surface area contributed by atoms with Gasteiger partial charge in [0.2, 0.25) is 0 Å². The van der Waals surface area contributed by atoms with Crippen LogP contribution in [-0.2, 0) is 7.05 Å². The maximum absolute atomic E-state index is 12.0. The Labute approximate surface area is 94.5 Å². The van der Waals surface area contributed by atoms with Gasteiger partial charge in [-0.25, -0.2) is 0 Å². The van der Waals surface area contributed by atoms with Crippen molar-refractivity contribution in [1.82, 2.24) is 15.1 Å². The molecule has 0 aliphatic heterocycles. The van der Waals surface area contributed by atoms with Crippen molar-refractivity contribution >= 4 is 5.91 Å². The fraction of sp³-hybridized carbons (Fsp3) is 0.636.